The molecule has 246 valence electrons. The van der Waals surface area contributed by atoms with Gasteiger partial charge in [0.1, 0.15) is 0 Å². The molecule has 51 heavy (non-hydrogen) atoms. The summed E-state index contributed by atoms with van der Waals surface area (Å²) in [5.41, 5.74) is 17.8. The standard InChI is InChI=1S/C50H41N/c1-32-11-9-10-14-48(32)51(49-31-39(16-15-33(49)2)34-12-7-6-8-13-34)43-24-21-38-28-45-44-27-37-18-17-36(35-19-22-42(23-20-35)50(3,4)5)25-40(37)29-46(44)47(45)30-41(38)26-43/h6-31H,1-5H3. The fraction of sp³-hybridized carbons (Fsp3) is 0.120. The lowest BCUT2D eigenvalue weighted by Gasteiger charge is -2.30. The van der Waals surface area contributed by atoms with Crippen LogP contribution in [0.1, 0.15) is 37.5 Å². The maximum atomic E-state index is 2.44. The maximum Gasteiger partial charge on any atom is 0.0497 e. The van der Waals surface area contributed by atoms with Crippen molar-refractivity contribution in [1.29, 1.82) is 0 Å². The molecule has 0 saturated heterocycles. The first kappa shape index (κ1) is 31.1. The van der Waals surface area contributed by atoms with Crippen molar-refractivity contribution in [1.82, 2.24) is 0 Å². The Morgan fingerprint density at radius 2 is 0.882 bits per heavy atom. The third-order valence-corrected chi connectivity index (χ3v) is 10.8. The van der Waals surface area contributed by atoms with Gasteiger partial charge < -0.3 is 4.90 Å². The van der Waals surface area contributed by atoms with Crippen LogP contribution in [0.5, 0.6) is 0 Å². The first-order valence-electron chi connectivity index (χ1n) is 18.0. The third-order valence-electron chi connectivity index (χ3n) is 10.8. The summed E-state index contributed by atoms with van der Waals surface area (Å²) in [7, 11) is 0. The van der Waals surface area contributed by atoms with E-state index in [9.17, 15) is 0 Å². The minimum Gasteiger partial charge on any atom is -0.310 e. The Morgan fingerprint density at radius 1 is 0.373 bits per heavy atom. The van der Waals surface area contributed by atoms with Gasteiger partial charge in [-0.3, -0.25) is 0 Å². The molecule has 9 rings (SSSR count). The third kappa shape index (κ3) is 5.41. The summed E-state index contributed by atoms with van der Waals surface area (Å²) >= 11 is 0. The zero-order valence-electron chi connectivity index (χ0n) is 30.0. The monoisotopic (exact) mass is 655 g/mol. The van der Waals surface area contributed by atoms with Crippen molar-refractivity contribution in [3.63, 3.8) is 0 Å². The Bertz CT molecular complexity index is 2620. The van der Waals surface area contributed by atoms with Crippen LogP contribution in [0.4, 0.5) is 17.1 Å². The Labute approximate surface area is 301 Å². The lowest BCUT2D eigenvalue weighted by Crippen LogP contribution is -2.13. The van der Waals surface area contributed by atoms with E-state index >= 15 is 0 Å². The van der Waals surface area contributed by atoms with E-state index in [4.69, 9.17) is 0 Å². The predicted octanol–water partition coefficient (Wildman–Crippen LogP) is 14.4. The van der Waals surface area contributed by atoms with E-state index in [0.29, 0.717) is 0 Å². The van der Waals surface area contributed by atoms with Crippen molar-refractivity contribution in [2.45, 2.75) is 40.0 Å². The summed E-state index contributed by atoms with van der Waals surface area (Å²) in [5.74, 6) is 0. The van der Waals surface area contributed by atoms with Gasteiger partial charge in [-0.1, -0.05) is 124 Å². The summed E-state index contributed by atoms with van der Waals surface area (Å²) in [5, 5.41) is 5.08. The smallest absolute Gasteiger partial charge is 0.0497 e. The minimum atomic E-state index is 0.147. The highest BCUT2D eigenvalue weighted by molar-refractivity contribution is 6.12. The van der Waals surface area contributed by atoms with Gasteiger partial charge in [-0.05, 0) is 157 Å². The van der Waals surface area contributed by atoms with Crippen molar-refractivity contribution < 1.29 is 0 Å². The Kier molecular flexibility index (Phi) is 7.22. The van der Waals surface area contributed by atoms with Crippen LogP contribution in [0.2, 0.25) is 0 Å². The molecule has 0 bridgehead atoms. The molecule has 0 saturated carbocycles. The minimum absolute atomic E-state index is 0.147. The van der Waals surface area contributed by atoms with Crippen LogP contribution in [0.25, 0.3) is 66.1 Å². The van der Waals surface area contributed by atoms with E-state index < -0.39 is 0 Å². The fourth-order valence-electron chi connectivity index (χ4n) is 7.78. The average molecular weight is 656 g/mol. The van der Waals surface area contributed by atoms with E-state index in [1.54, 1.807) is 0 Å². The Balaban J connectivity index is 1.12. The zero-order chi connectivity index (χ0) is 34.9. The second kappa shape index (κ2) is 11.9. The van der Waals surface area contributed by atoms with Gasteiger partial charge in [0, 0.05) is 17.1 Å². The highest BCUT2D eigenvalue weighted by Gasteiger charge is 2.25. The van der Waals surface area contributed by atoms with Crippen LogP contribution in [-0.4, -0.2) is 0 Å². The van der Waals surface area contributed by atoms with Crippen LogP contribution in [-0.2, 0) is 5.41 Å². The predicted molar refractivity (Wildman–Crippen MR) is 220 cm³/mol. The lowest BCUT2D eigenvalue weighted by molar-refractivity contribution is 0.590. The number of fused-ring (bicyclic) bond motifs is 6. The summed E-state index contributed by atoms with van der Waals surface area (Å²) < 4.78 is 0. The van der Waals surface area contributed by atoms with E-state index in [1.165, 1.54) is 94.1 Å². The second-order valence-corrected chi connectivity index (χ2v) is 15.2. The van der Waals surface area contributed by atoms with Crippen molar-refractivity contribution >= 4 is 38.6 Å². The molecule has 1 aliphatic rings. The molecular weight excluding hydrogens is 615 g/mol. The summed E-state index contributed by atoms with van der Waals surface area (Å²) in [6.45, 7) is 11.2. The SMILES string of the molecule is Cc1ccccc1N(c1ccc2cc3c(cc2c1)-c1cc2cc(-c4ccc(C(C)(C)C)cc4)ccc2cc1-3)c1cc(-c2ccccc2)ccc1C. The lowest BCUT2D eigenvalue weighted by atomic mass is 9.77. The van der Waals surface area contributed by atoms with Gasteiger partial charge in [-0.15, -0.1) is 0 Å². The van der Waals surface area contributed by atoms with Crippen LogP contribution in [0, 0.1) is 13.8 Å². The van der Waals surface area contributed by atoms with Crippen molar-refractivity contribution in [2.24, 2.45) is 0 Å². The maximum absolute atomic E-state index is 2.44. The first-order valence-corrected chi connectivity index (χ1v) is 18.0. The first-order chi connectivity index (χ1) is 24.7. The van der Waals surface area contributed by atoms with E-state index in [-0.39, 0.29) is 5.41 Å². The molecule has 1 aliphatic carbocycles. The highest BCUT2D eigenvalue weighted by Crippen LogP contribution is 2.51. The number of aryl methyl sites for hydroxylation is 2. The molecule has 8 aromatic rings. The van der Waals surface area contributed by atoms with Crippen LogP contribution < -0.4 is 4.90 Å². The van der Waals surface area contributed by atoms with E-state index in [1.807, 2.05) is 0 Å². The zero-order valence-corrected chi connectivity index (χ0v) is 30.0. The van der Waals surface area contributed by atoms with Gasteiger partial charge >= 0.3 is 0 Å². The molecule has 1 heteroatoms. The topological polar surface area (TPSA) is 3.24 Å². The van der Waals surface area contributed by atoms with Gasteiger partial charge in [0.25, 0.3) is 0 Å². The molecule has 0 atom stereocenters. The van der Waals surface area contributed by atoms with Crippen LogP contribution >= 0.6 is 0 Å². The molecule has 0 radical (unpaired) electrons. The van der Waals surface area contributed by atoms with E-state index in [2.05, 4.69) is 197 Å². The summed E-state index contributed by atoms with van der Waals surface area (Å²) in [6.07, 6.45) is 0. The van der Waals surface area contributed by atoms with Gasteiger partial charge in [0.15, 0.2) is 0 Å². The molecule has 0 aliphatic heterocycles. The highest BCUT2D eigenvalue weighted by atomic mass is 15.1. The largest absolute Gasteiger partial charge is 0.310 e. The number of rotatable bonds is 5. The van der Waals surface area contributed by atoms with Gasteiger partial charge in [-0.2, -0.15) is 0 Å². The van der Waals surface area contributed by atoms with Crippen LogP contribution in [0.3, 0.4) is 0 Å². The van der Waals surface area contributed by atoms with Gasteiger partial charge in [0.2, 0.25) is 0 Å². The quantitative estimate of drug-likeness (QED) is 0.178. The Hall–Kier alpha value is -5.92. The van der Waals surface area contributed by atoms with Crippen LogP contribution in [0.15, 0.2) is 158 Å². The Morgan fingerprint density at radius 3 is 1.55 bits per heavy atom. The van der Waals surface area contributed by atoms with Crippen molar-refractivity contribution in [3.05, 3.63) is 174 Å². The van der Waals surface area contributed by atoms with Gasteiger partial charge in [-0.25, -0.2) is 0 Å². The fourth-order valence-corrected chi connectivity index (χ4v) is 7.78. The van der Waals surface area contributed by atoms with Crippen molar-refractivity contribution in [2.75, 3.05) is 4.90 Å². The number of hydrogen-bond donors (Lipinski definition) is 0. The molecule has 0 aromatic heterocycles. The molecule has 8 aromatic carbocycles. The molecule has 0 amide bonds. The number of benzene rings is 8. The molecule has 0 spiro atoms. The number of nitrogens with zero attached hydrogens (tertiary/aromatic N) is 1. The summed E-state index contributed by atoms with van der Waals surface area (Å²) in [4.78, 5) is 2.44. The second-order valence-electron chi connectivity index (χ2n) is 15.2. The molecule has 0 fully saturated rings. The van der Waals surface area contributed by atoms with Crippen molar-refractivity contribution in [3.8, 4) is 44.5 Å². The number of anilines is 3. The average Bonchev–Trinajstić information content (AvgIpc) is 3.15. The normalized spacial score (nSPS) is 12.0. The molecule has 0 N–H and O–H groups in total. The molecule has 0 unspecified atom stereocenters. The molecule has 1 nitrogen and oxygen atoms in total. The number of para-hydroxylation sites is 1. The molecular formula is C50H41N. The van der Waals surface area contributed by atoms with E-state index in [0.717, 1.165) is 5.69 Å². The molecule has 0 heterocycles. The van der Waals surface area contributed by atoms with Gasteiger partial charge in [0.05, 0.1) is 0 Å². The number of hydrogen-bond acceptors (Lipinski definition) is 1. The summed E-state index contributed by atoms with van der Waals surface area (Å²) in [6, 6.07) is 58.7.